The number of nitrogens with two attached hydrogens (primary N) is 1. The summed E-state index contributed by atoms with van der Waals surface area (Å²) in [4.78, 5) is 11.9. The van der Waals surface area contributed by atoms with Crippen LogP contribution in [0.3, 0.4) is 0 Å². The maximum Gasteiger partial charge on any atom is 0.416 e. The largest absolute Gasteiger partial charge is 0.416 e. The van der Waals surface area contributed by atoms with Crippen LogP contribution in [0, 0.1) is 0 Å². The fraction of sp³-hybridized carbons (Fsp3) is 0.333. The molecule has 0 amide bonds. The average molecular weight is 358 g/mol. The van der Waals surface area contributed by atoms with Gasteiger partial charge in [-0.1, -0.05) is 17.7 Å². The molecule has 5 nitrogen and oxygen atoms in total. The third kappa shape index (κ3) is 3.64. The van der Waals surface area contributed by atoms with Gasteiger partial charge in [-0.05, 0) is 18.2 Å². The van der Waals surface area contributed by atoms with Gasteiger partial charge in [-0.25, -0.2) is 4.98 Å². The SMILES string of the molecule is Nc1nc(Cl)cc(N2CCN(c3cccc(C(F)(F)F)c3)CC2)n1. The van der Waals surface area contributed by atoms with Crippen LogP contribution in [0.5, 0.6) is 0 Å². The van der Waals surface area contributed by atoms with Crippen LogP contribution in [0.4, 0.5) is 30.6 Å². The first-order chi connectivity index (χ1) is 11.3. The van der Waals surface area contributed by atoms with Gasteiger partial charge in [-0.15, -0.1) is 0 Å². The van der Waals surface area contributed by atoms with Crippen molar-refractivity contribution in [1.29, 1.82) is 0 Å². The summed E-state index contributed by atoms with van der Waals surface area (Å²) in [5.41, 5.74) is 5.51. The molecule has 1 fully saturated rings. The predicted molar refractivity (Wildman–Crippen MR) is 87.3 cm³/mol. The van der Waals surface area contributed by atoms with E-state index in [0.29, 0.717) is 37.7 Å². The summed E-state index contributed by atoms with van der Waals surface area (Å²) in [5, 5.41) is 0.262. The number of nitrogen functional groups attached to an aromatic ring is 1. The lowest BCUT2D eigenvalue weighted by Gasteiger charge is -2.37. The van der Waals surface area contributed by atoms with E-state index in [1.165, 1.54) is 12.1 Å². The summed E-state index contributed by atoms with van der Waals surface area (Å²) in [6.45, 7) is 2.34. The first-order valence-corrected chi connectivity index (χ1v) is 7.68. The highest BCUT2D eigenvalue weighted by molar-refractivity contribution is 6.29. The van der Waals surface area contributed by atoms with Crippen LogP contribution >= 0.6 is 11.6 Å². The van der Waals surface area contributed by atoms with Gasteiger partial charge in [0.05, 0.1) is 5.56 Å². The van der Waals surface area contributed by atoms with Gasteiger partial charge in [0.25, 0.3) is 0 Å². The van der Waals surface area contributed by atoms with Crippen LogP contribution in [0.15, 0.2) is 30.3 Å². The molecule has 1 saturated heterocycles. The van der Waals surface area contributed by atoms with Gasteiger partial charge in [0.2, 0.25) is 5.95 Å². The summed E-state index contributed by atoms with van der Waals surface area (Å²) < 4.78 is 38.5. The summed E-state index contributed by atoms with van der Waals surface area (Å²) in [6.07, 6.45) is -4.34. The highest BCUT2D eigenvalue weighted by Gasteiger charge is 2.31. The number of piperazine rings is 1. The zero-order chi connectivity index (χ0) is 17.3. The summed E-state index contributed by atoms with van der Waals surface area (Å²) in [7, 11) is 0. The zero-order valence-corrected chi connectivity index (χ0v) is 13.3. The molecular weight excluding hydrogens is 343 g/mol. The second kappa shape index (κ2) is 6.35. The summed E-state index contributed by atoms with van der Waals surface area (Å²) in [5.74, 6) is 0.717. The molecule has 1 aliphatic heterocycles. The topological polar surface area (TPSA) is 58.3 Å². The van der Waals surface area contributed by atoms with Gasteiger partial charge in [0, 0.05) is 37.9 Å². The first-order valence-electron chi connectivity index (χ1n) is 7.30. The molecule has 9 heteroatoms. The van der Waals surface area contributed by atoms with E-state index < -0.39 is 11.7 Å². The van der Waals surface area contributed by atoms with Crippen molar-refractivity contribution >= 4 is 29.1 Å². The first kappa shape index (κ1) is 16.6. The van der Waals surface area contributed by atoms with Crippen LogP contribution in [0.2, 0.25) is 5.15 Å². The second-order valence-corrected chi connectivity index (χ2v) is 5.82. The Balaban J connectivity index is 1.71. The Kier molecular flexibility index (Phi) is 4.40. The van der Waals surface area contributed by atoms with Gasteiger partial charge < -0.3 is 15.5 Å². The van der Waals surface area contributed by atoms with E-state index >= 15 is 0 Å². The van der Waals surface area contributed by atoms with Crippen LogP contribution in [-0.4, -0.2) is 36.1 Å². The normalized spacial score (nSPS) is 15.7. The Morgan fingerprint density at radius 1 is 1.00 bits per heavy atom. The summed E-state index contributed by atoms with van der Waals surface area (Å²) >= 11 is 5.88. The molecule has 0 bridgehead atoms. The molecule has 128 valence electrons. The Labute approximate surface area is 141 Å². The van der Waals surface area contributed by atoms with E-state index in [1.807, 2.05) is 9.80 Å². The number of hydrogen-bond donors (Lipinski definition) is 1. The maximum absolute atomic E-state index is 12.8. The molecule has 1 aliphatic rings. The number of rotatable bonds is 2. The fourth-order valence-electron chi connectivity index (χ4n) is 2.66. The number of nitrogens with zero attached hydrogens (tertiary/aromatic N) is 4. The molecule has 2 N–H and O–H groups in total. The van der Waals surface area contributed by atoms with Crippen LogP contribution in [-0.2, 0) is 6.18 Å². The number of anilines is 3. The van der Waals surface area contributed by atoms with E-state index in [1.54, 1.807) is 12.1 Å². The molecule has 0 radical (unpaired) electrons. The fourth-order valence-corrected chi connectivity index (χ4v) is 2.84. The van der Waals surface area contributed by atoms with Crippen LogP contribution in [0.1, 0.15) is 5.56 Å². The van der Waals surface area contributed by atoms with Gasteiger partial charge in [-0.2, -0.15) is 18.2 Å². The van der Waals surface area contributed by atoms with E-state index in [0.717, 1.165) is 6.07 Å². The average Bonchev–Trinajstić information content (AvgIpc) is 2.53. The quantitative estimate of drug-likeness (QED) is 0.837. The van der Waals surface area contributed by atoms with Crippen molar-refractivity contribution in [3.63, 3.8) is 0 Å². The lowest BCUT2D eigenvalue weighted by atomic mass is 10.1. The molecule has 0 unspecified atom stereocenters. The lowest BCUT2D eigenvalue weighted by molar-refractivity contribution is -0.137. The standard InChI is InChI=1S/C15H15ClF3N5/c16-12-9-13(22-14(20)21-12)24-6-4-23(5-7-24)11-3-1-2-10(8-11)15(17,18)19/h1-3,8-9H,4-7H2,(H2,20,21,22). The Hall–Kier alpha value is -2.22. The third-order valence-electron chi connectivity index (χ3n) is 3.84. The molecular formula is C15H15ClF3N5. The van der Waals surface area contributed by atoms with Crippen molar-refractivity contribution in [3.8, 4) is 0 Å². The molecule has 3 rings (SSSR count). The van der Waals surface area contributed by atoms with Crippen molar-refractivity contribution < 1.29 is 13.2 Å². The number of aromatic nitrogens is 2. The predicted octanol–water partition coefficient (Wildman–Crippen LogP) is 3.06. The van der Waals surface area contributed by atoms with Gasteiger partial charge in [-0.3, -0.25) is 0 Å². The Morgan fingerprint density at radius 2 is 1.67 bits per heavy atom. The zero-order valence-electron chi connectivity index (χ0n) is 12.6. The molecule has 1 aromatic heterocycles. The number of benzene rings is 1. The molecule has 2 aromatic rings. The molecule has 2 heterocycles. The van der Waals surface area contributed by atoms with Crippen molar-refractivity contribution in [3.05, 3.63) is 41.0 Å². The third-order valence-corrected chi connectivity index (χ3v) is 4.03. The van der Waals surface area contributed by atoms with Crippen molar-refractivity contribution in [2.45, 2.75) is 6.18 Å². The molecule has 0 saturated carbocycles. The molecule has 1 aromatic carbocycles. The number of alkyl halides is 3. The minimum Gasteiger partial charge on any atom is -0.368 e. The second-order valence-electron chi connectivity index (χ2n) is 5.43. The van der Waals surface area contributed by atoms with Crippen LogP contribution in [0.25, 0.3) is 0 Å². The minimum atomic E-state index is -4.34. The Bertz CT molecular complexity index is 709. The minimum absolute atomic E-state index is 0.0952. The van der Waals surface area contributed by atoms with E-state index in [2.05, 4.69) is 9.97 Å². The Morgan fingerprint density at radius 3 is 2.29 bits per heavy atom. The van der Waals surface area contributed by atoms with Gasteiger partial charge in [0.15, 0.2) is 0 Å². The highest BCUT2D eigenvalue weighted by Crippen LogP contribution is 2.32. The lowest BCUT2D eigenvalue weighted by Crippen LogP contribution is -2.47. The van der Waals surface area contributed by atoms with Crippen molar-refractivity contribution in [2.24, 2.45) is 0 Å². The van der Waals surface area contributed by atoms with E-state index in [4.69, 9.17) is 17.3 Å². The monoisotopic (exact) mass is 357 g/mol. The maximum atomic E-state index is 12.8. The molecule has 0 spiro atoms. The van der Waals surface area contributed by atoms with Crippen molar-refractivity contribution in [2.75, 3.05) is 41.7 Å². The van der Waals surface area contributed by atoms with E-state index in [9.17, 15) is 13.2 Å². The molecule has 24 heavy (non-hydrogen) atoms. The number of halogens is 4. The number of hydrogen-bond acceptors (Lipinski definition) is 5. The van der Waals surface area contributed by atoms with Crippen molar-refractivity contribution in [1.82, 2.24) is 9.97 Å². The van der Waals surface area contributed by atoms with Gasteiger partial charge in [0.1, 0.15) is 11.0 Å². The summed E-state index contributed by atoms with van der Waals surface area (Å²) in [6, 6.07) is 6.98. The van der Waals surface area contributed by atoms with Gasteiger partial charge >= 0.3 is 6.18 Å². The smallest absolute Gasteiger partial charge is 0.368 e. The van der Waals surface area contributed by atoms with E-state index in [-0.39, 0.29) is 11.1 Å². The van der Waals surface area contributed by atoms with Crippen LogP contribution < -0.4 is 15.5 Å². The highest BCUT2D eigenvalue weighted by atomic mass is 35.5. The molecule has 0 aliphatic carbocycles. The molecule has 0 atom stereocenters.